The molecule has 2 atom stereocenters. The molecular formula is C10H14O3. The third-order valence-corrected chi connectivity index (χ3v) is 2.00. The number of rotatable bonds is 3. The van der Waals surface area contributed by atoms with Crippen molar-refractivity contribution in [2.45, 2.75) is 26.1 Å². The van der Waals surface area contributed by atoms with Crippen molar-refractivity contribution in [2.75, 3.05) is 0 Å². The molecule has 0 saturated heterocycles. The Morgan fingerprint density at radius 3 is 2.38 bits per heavy atom. The summed E-state index contributed by atoms with van der Waals surface area (Å²) < 4.78 is 5.00. The van der Waals surface area contributed by atoms with Gasteiger partial charge in [0.25, 0.3) is 0 Å². The largest absolute Gasteiger partial charge is 0.459 e. The van der Waals surface area contributed by atoms with Gasteiger partial charge in [-0.3, -0.25) is 4.79 Å². The van der Waals surface area contributed by atoms with Crippen LogP contribution in [0, 0.1) is 5.92 Å². The number of hydrogen-bond acceptors (Lipinski definition) is 3. The SMILES string of the molecule is C[C@H](O)[C@H](C)OC(=O)C1C=CC=C1. The topological polar surface area (TPSA) is 46.5 Å². The Kier molecular flexibility index (Phi) is 3.25. The normalized spacial score (nSPS) is 20.2. The summed E-state index contributed by atoms with van der Waals surface area (Å²) in [6, 6.07) is 0. The molecular weight excluding hydrogens is 168 g/mol. The predicted molar refractivity (Wildman–Crippen MR) is 49.0 cm³/mol. The van der Waals surface area contributed by atoms with Gasteiger partial charge >= 0.3 is 5.97 Å². The van der Waals surface area contributed by atoms with E-state index in [-0.39, 0.29) is 11.9 Å². The van der Waals surface area contributed by atoms with Crippen molar-refractivity contribution in [1.29, 1.82) is 0 Å². The van der Waals surface area contributed by atoms with Crippen LogP contribution >= 0.6 is 0 Å². The second-order valence-corrected chi connectivity index (χ2v) is 3.18. The highest BCUT2D eigenvalue weighted by molar-refractivity contribution is 5.77. The van der Waals surface area contributed by atoms with Crippen LogP contribution in [0.3, 0.4) is 0 Å². The average molecular weight is 182 g/mol. The molecule has 0 bridgehead atoms. The molecule has 3 nitrogen and oxygen atoms in total. The summed E-state index contributed by atoms with van der Waals surface area (Å²) in [4.78, 5) is 11.3. The summed E-state index contributed by atoms with van der Waals surface area (Å²) in [6.07, 6.45) is 6.06. The number of hydrogen-bond donors (Lipinski definition) is 1. The molecule has 13 heavy (non-hydrogen) atoms. The van der Waals surface area contributed by atoms with Crippen LogP contribution in [0.4, 0.5) is 0 Å². The number of aliphatic hydroxyl groups excluding tert-OH is 1. The molecule has 0 aromatic rings. The van der Waals surface area contributed by atoms with E-state index >= 15 is 0 Å². The van der Waals surface area contributed by atoms with Crippen LogP contribution in [-0.2, 0) is 9.53 Å². The van der Waals surface area contributed by atoms with Crippen LogP contribution in [-0.4, -0.2) is 23.3 Å². The molecule has 1 aliphatic rings. The second kappa shape index (κ2) is 4.23. The van der Waals surface area contributed by atoms with Crippen molar-refractivity contribution in [1.82, 2.24) is 0 Å². The lowest BCUT2D eigenvalue weighted by atomic mass is 10.2. The summed E-state index contributed by atoms with van der Waals surface area (Å²) in [7, 11) is 0. The number of esters is 1. The van der Waals surface area contributed by atoms with Crippen molar-refractivity contribution in [3.05, 3.63) is 24.3 Å². The van der Waals surface area contributed by atoms with Crippen LogP contribution in [0.15, 0.2) is 24.3 Å². The zero-order valence-electron chi connectivity index (χ0n) is 7.81. The molecule has 0 spiro atoms. The summed E-state index contributed by atoms with van der Waals surface area (Å²) in [5.41, 5.74) is 0. The molecule has 3 heteroatoms. The van der Waals surface area contributed by atoms with Gasteiger partial charge in [-0.1, -0.05) is 24.3 Å². The lowest BCUT2D eigenvalue weighted by Crippen LogP contribution is -2.28. The number of aliphatic hydroxyl groups is 1. The minimum absolute atomic E-state index is 0.277. The summed E-state index contributed by atoms with van der Waals surface area (Å²) in [6.45, 7) is 3.27. The van der Waals surface area contributed by atoms with E-state index in [4.69, 9.17) is 9.84 Å². The maximum atomic E-state index is 11.3. The quantitative estimate of drug-likeness (QED) is 0.663. The molecule has 0 aromatic carbocycles. The Hall–Kier alpha value is -1.09. The Morgan fingerprint density at radius 2 is 1.92 bits per heavy atom. The van der Waals surface area contributed by atoms with Crippen LogP contribution < -0.4 is 0 Å². The van der Waals surface area contributed by atoms with Crippen LogP contribution in [0.25, 0.3) is 0 Å². The fourth-order valence-corrected chi connectivity index (χ4v) is 0.949. The van der Waals surface area contributed by atoms with Gasteiger partial charge in [-0.2, -0.15) is 0 Å². The first-order valence-electron chi connectivity index (χ1n) is 4.35. The van der Waals surface area contributed by atoms with Crippen molar-refractivity contribution in [3.8, 4) is 0 Å². The molecule has 0 fully saturated rings. The minimum Gasteiger partial charge on any atom is -0.459 e. The van der Waals surface area contributed by atoms with Crippen LogP contribution in [0.5, 0.6) is 0 Å². The van der Waals surface area contributed by atoms with E-state index in [0.717, 1.165) is 0 Å². The molecule has 0 unspecified atom stereocenters. The Bertz CT molecular complexity index is 229. The maximum absolute atomic E-state index is 11.3. The van der Waals surface area contributed by atoms with Crippen molar-refractivity contribution >= 4 is 5.97 Å². The Morgan fingerprint density at radius 1 is 1.38 bits per heavy atom. The third-order valence-electron chi connectivity index (χ3n) is 2.00. The molecule has 0 amide bonds. The lowest BCUT2D eigenvalue weighted by Gasteiger charge is -2.16. The van der Waals surface area contributed by atoms with Gasteiger partial charge in [0.05, 0.1) is 12.0 Å². The number of allylic oxidation sites excluding steroid dienone is 2. The van der Waals surface area contributed by atoms with Gasteiger partial charge in [-0.05, 0) is 13.8 Å². The van der Waals surface area contributed by atoms with Crippen LogP contribution in [0.1, 0.15) is 13.8 Å². The number of ether oxygens (including phenoxy) is 1. The first-order chi connectivity index (χ1) is 6.11. The maximum Gasteiger partial charge on any atom is 0.317 e. The molecule has 1 rings (SSSR count). The van der Waals surface area contributed by atoms with Gasteiger partial charge in [-0.15, -0.1) is 0 Å². The molecule has 72 valence electrons. The molecule has 0 aromatic heterocycles. The van der Waals surface area contributed by atoms with Crippen molar-refractivity contribution in [2.24, 2.45) is 5.92 Å². The molecule has 1 N–H and O–H groups in total. The highest BCUT2D eigenvalue weighted by atomic mass is 16.6. The predicted octanol–water partition coefficient (Wildman–Crippen LogP) is 1.04. The first kappa shape index (κ1) is 9.99. The molecule has 1 aliphatic carbocycles. The van der Waals surface area contributed by atoms with Gasteiger partial charge in [0.15, 0.2) is 0 Å². The second-order valence-electron chi connectivity index (χ2n) is 3.18. The highest BCUT2D eigenvalue weighted by Crippen LogP contribution is 2.12. The Labute approximate surface area is 77.7 Å². The smallest absolute Gasteiger partial charge is 0.317 e. The van der Waals surface area contributed by atoms with E-state index in [9.17, 15) is 4.79 Å². The molecule has 0 radical (unpaired) electrons. The molecule has 0 aliphatic heterocycles. The fraction of sp³-hybridized carbons (Fsp3) is 0.500. The summed E-state index contributed by atoms with van der Waals surface area (Å²) in [5.74, 6) is -0.584. The first-order valence-corrected chi connectivity index (χ1v) is 4.35. The summed E-state index contributed by atoms with van der Waals surface area (Å²) >= 11 is 0. The monoisotopic (exact) mass is 182 g/mol. The summed E-state index contributed by atoms with van der Waals surface area (Å²) in [5, 5.41) is 9.10. The highest BCUT2D eigenvalue weighted by Gasteiger charge is 2.20. The number of carbonyl (C=O) groups is 1. The van der Waals surface area contributed by atoms with Gasteiger partial charge in [0.1, 0.15) is 6.10 Å². The standard InChI is InChI=1S/C10H14O3/c1-7(11)8(2)13-10(12)9-5-3-4-6-9/h3-9,11H,1-2H3/t7-,8-/m0/s1. The van der Waals surface area contributed by atoms with E-state index in [2.05, 4.69) is 0 Å². The molecule has 0 heterocycles. The van der Waals surface area contributed by atoms with Gasteiger partial charge < -0.3 is 9.84 Å². The van der Waals surface area contributed by atoms with E-state index in [1.54, 1.807) is 38.2 Å². The van der Waals surface area contributed by atoms with Crippen molar-refractivity contribution in [3.63, 3.8) is 0 Å². The van der Waals surface area contributed by atoms with E-state index in [1.807, 2.05) is 0 Å². The van der Waals surface area contributed by atoms with Gasteiger partial charge in [-0.25, -0.2) is 0 Å². The van der Waals surface area contributed by atoms with Crippen LogP contribution in [0.2, 0.25) is 0 Å². The minimum atomic E-state index is -0.627. The van der Waals surface area contributed by atoms with Crippen molar-refractivity contribution < 1.29 is 14.6 Å². The fourth-order valence-electron chi connectivity index (χ4n) is 0.949. The van der Waals surface area contributed by atoms with Gasteiger partial charge in [0, 0.05) is 0 Å². The Balaban J connectivity index is 2.41. The zero-order chi connectivity index (χ0) is 9.84. The van der Waals surface area contributed by atoms with E-state index < -0.39 is 12.2 Å². The zero-order valence-corrected chi connectivity index (χ0v) is 7.81. The van der Waals surface area contributed by atoms with E-state index in [0.29, 0.717) is 0 Å². The third kappa shape index (κ3) is 2.70. The van der Waals surface area contributed by atoms with Gasteiger partial charge in [0.2, 0.25) is 0 Å². The lowest BCUT2D eigenvalue weighted by molar-refractivity contribution is -0.154. The number of carbonyl (C=O) groups excluding carboxylic acids is 1. The molecule has 0 saturated carbocycles. The van der Waals surface area contributed by atoms with E-state index in [1.165, 1.54) is 0 Å². The average Bonchev–Trinajstić information content (AvgIpc) is 2.55.